The van der Waals surface area contributed by atoms with Crippen molar-refractivity contribution in [3.05, 3.63) is 73.3 Å². The molecule has 182 valence electrons. The highest BCUT2D eigenvalue weighted by Crippen LogP contribution is 2.34. The number of aromatic nitrogens is 6. The molecule has 5 heterocycles. The van der Waals surface area contributed by atoms with Crippen molar-refractivity contribution in [2.45, 2.75) is 22.5 Å². The summed E-state index contributed by atoms with van der Waals surface area (Å²) in [5.74, 6) is 0. The average Bonchev–Trinajstić information content (AvgIpc) is 3.68. The molecule has 1 aromatic carbocycles. The van der Waals surface area contributed by atoms with E-state index in [1.807, 2.05) is 29.3 Å². The van der Waals surface area contributed by atoms with Gasteiger partial charge in [-0.1, -0.05) is 30.0 Å². The predicted octanol–water partition coefficient (Wildman–Crippen LogP) is 4.28. The number of rotatable bonds is 6. The van der Waals surface area contributed by atoms with Gasteiger partial charge in [0.15, 0.2) is 10.8 Å². The monoisotopic (exact) mass is 518 g/mol. The second kappa shape index (κ2) is 9.16. The molecule has 0 aliphatic carbocycles. The fourth-order valence-electron chi connectivity index (χ4n) is 4.33. The summed E-state index contributed by atoms with van der Waals surface area (Å²) < 4.78 is 35.1. The molecule has 9 nitrogen and oxygen atoms in total. The maximum atomic E-state index is 13.2. The van der Waals surface area contributed by atoms with Gasteiger partial charge in [0, 0.05) is 47.9 Å². The van der Waals surface area contributed by atoms with E-state index in [1.54, 1.807) is 48.8 Å². The van der Waals surface area contributed by atoms with E-state index >= 15 is 0 Å². The normalized spacial score (nSPS) is 16.1. The lowest BCUT2D eigenvalue weighted by Crippen LogP contribution is -2.12. The average molecular weight is 519 g/mol. The van der Waals surface area contributed by atoms with Gasteiger partial charge >= 0.3 is 0 Å². The van der Waals surface area contributed by atoms with Gasteiger partial charge in [-0.3, -0.25) is 4.68 Å². The van der Waals surface area contributed by atoms with Crippen molar-refractivity contribution in [1.82, 2.24) is 28.7 Å². The van der Waals surface area contributed by atoms with Gasteiger partial charge < -0.3 is 4.74 Å². The number of nitrogens with zero attached hydrogens (tertiary/aromatic N) is 6. The van der Waals surface area contributed by atoms with Crippen LogP contribution in [0.3, 0.4) is 0 Å². The fourth-order valence-corrected chi connectivity index (χ4v) is 6.01. The smallest absolute Gasteiger partial charge is 0.269 e. The molecule has 4 aromatic heterocycles. The second-order valence-electron chi connectivity index (χ2n) is 8.38. The van der Waals surface area contributed by atoms with Crippen LogP contribution in [-0.2, 0) is 14.8 Å². The zero-order chi connectivity index (χ0) is 24.7. The first-order valence-electron chi connectivity index (χ1n) is 11.4. The number of fused-ring (bicyclic) bond motifs is 1. The molecule has 1 saturated heterocycles. The van der Waals surface area contributed by atoms with E-state index in [1.165, 1.54) is 21.9 Å². The molecule has 11 heteroatoms. The standard InChI is InChI=1S/C25H22N6O3S2/c1-35-25-26-10-7-22(28-25)21-15-30(19-9-12-34-16-19)29-23(21)18-13-17-8-11-31(24(17)27-14-18)36(32,33)20-5-3-2-4-6-20/h2-8,10-11,13-15,19H,9,12,16H2,1H3. The summed E-state index contributed by atoms with van der Waals surface area (Å²) >= 11 is 1.48. The van der Waals surface area contributed by atoms with Crippen LogP contribution in [0, 0.1) is 0 Å². The summed E-state index contributed by atoms with van der Waals surface area (Å²) in [5.41, 5.74) is 3.48. The first kappa shape index (κ1) is 22.9. The van der Waals surface area contributed by atoms with Crippen molar-refractivity contribution in [2.24, 2.45) is 0 Å². The van der Waals surface area contributed by atoms with Crippen LogP contribution in [0.2, 0.25) is 0 Å². The van der Waals surface area contributed by atoms with Crippen LogP contribution < -0.4 is 0 Å². The first-order valence-corrected chi connectivity index (χ1v) is 14.0. The number of thioether (sulfide) groups is 1. The van der Waals surface area contributed by atoms with Crippen molar-refractivity contribution in [2.75, 3.05) is 19.5 Å². The molecule has 0 radical (unpaired) electrons. The molecule has 0 amide bonds. The Morgan fingerprint density at radius 2 is 1.97 bits per heavy atom. The van der Waals surface area contributed by atoms with E-state index in [-0.39, 0.29) is 10.9 Å². The maximum absolute atomic E-state index is 13.2. The van der Waals surface area contributed by atoms with E-state index in [9.17, 15) is 8.42 Å². The minimum atomic E-state index is -3.76. The van der Waals surface area contributed by atoms with Gasteiger partial charge in [-0.25, -0.2) is 27.3 Å². The topological polar surface area (TPSA) is 105 Å². The van der Waals surface area contributed by atoms with E-state index in [0.717, 1.165) is 28.9 Å². The van der Waals surface area contributed by atoms with Crippen molar-refractivity contribution in [3.8, 4) is 22.5 Å². The molecule has 1 unspecified atom stereocenters. The van der Waals surface area contributed by atoms with Gasteiger partial charge in [0.05, 0.1) is 23.2 Å². The van der Waals surface area contributed by atoms with Gasteiger partial charge in [0.25, 0.3) is 10.0 Å². The molecule has 1 fully saturated rings. The van der Waals surface area contributed by atoms with Gasteiger partial charge in [0.1, 0.15) is 5.69 Å². The Balaban J connectivity index is 1.47. The Kier molecular flexibility index (Phi) is 5.82. The zero-order valence-corrected chi connectivity index (χ0v) is 21.0. The largest absolute Gasteiger partial charge is 0.379 e. The van der Waals surface area contributed by atoms with Gasteiger partial charge in [-0.2, -0.15) is 5.10 Å². The molecule has 0 spiro atoms. The van der Waals surface area contributed by atoms with Crippen molar-refractivity contribution in [3.63, 3.8) is 0 Å². The van der Waals surface area contributed by atoms with Gasteiger partial charge in [-0.05, 0) is 43.0 Å². The highest BCUT2D eigenvalue weighted by Gasteiger charge is 2.24. The van der Waals surface area contributed by atoms with E-state index in [4.69, 9.17) is 9.84 Å². The fraction of sp³-hybridized carbons (Fsp3) is 0.200. The number of hydrogen-bond donors (Lipinski definition) is 0. The minimum Gasteiger partial charge on any atom is -0.379 e. The van der Waals surface area contributed by atoms with Crippen LogP contribution in [0.1, 0.15) is 12.5 Å². The Hall–Kier alpha value is -3.54. The van der Waals surface area contributed by atoms with Crippen LogP contribution in [0.15, 0.2) is 83.4 Å². The van der Waals surface area contributed by atoms with Crippen molar-refractivity contribution in [1.29, 1.82) is 0 Å². The van der Waals surface area contributed by atoms with Crippen LogP contribution in [-0.4, -0.2) is 56.6 Å². The number of pyridine rings is 1. The third-order valence-electron chi connectivity index (χ3n) is 6.17. The van der Waals surface area contributed by atoms with Crippen LogP contribution in [0.25, 0.3) is 33.5 Å². The summed E-state index contributed by atoms with van der Waals surface area (Å²) in [6.45, 7) is 1.31. The molecule has 0 bridgehead atoms. The molecule has 36 heavy (non-hydrogen) atoms. The minimum absolute atomic E-state index is 0.146. The highest BCUT2D eigenvalue weighted by molar-refractivity contribution is 7.98. The Labute approximate surface area is 212 Å². The Bertz CT molecular complexity index is 1660. The van der Waals surface area contributed by atoms with E-state index < -0.39 is 10.0 Å². The number of ether oxygens (including phenoxy) is 1. The summed E-state index contributed by atoms with van der Waals surface area (Å²) in [6, 6.07) is 14.0. The molecule has 1 aliphatic rings. The molecule has 6 rings (SSSR count). The Morgan fingerprint density at radius 1 is 1.11 bits per heavy atom. The van der Waals surface area contributed by atoms with E-state index in [0.29, 0.717) is 29.4 Å². The molecule has 1 aliphatic heterocycles. The van der Waals surface area contributed by atoms with Crippen LogP contribution in [0.5, 0.6) is 0 Å². The third kappa shape index (κ3) is 3.98. The number of hydrogen-bond acceptors (Lipinski definition) is 8. The first-order chi connectivity index (χ1) is 17.5. The molecule has 5 aromatic rings. The number of benzene rings is 1. The quantitative estimate of drug-likeness (QED) is 0.242. The predicted molar refractivity (Wildman–Crippen MR) is 137 cm³/mol. The van der Waals surface area contributed by atoms with Crippen LogP contribution >= 0.6 is 11.8 Å². The van der Waals surface area contributed by atoms with Crippen molar-refractivity contribution < 1.29 is 13.2 Å². The molecule has 0 saturated carbocycles. The summed E-state index contributed by atoms with van der Waals surface area (Å²) in [6.07, 6.45) is 9.76. The summed E-state index contributed by atoms with van der Waals surface area (Å²) in [7, 11) is -3.76. The van der Waals surface area contributed by atoms with Crippen molar-refractivity contribution >= 4 is 32.8 Å². The van der Waals surface area contributed by atoms with Crippen LogP contribution in [0.4, 0.5) is 0 Å². The van der Waals surface area contributed by atoms with Gasteiger partial charge in [0.2, 0.25) is 0 Å². The van der Waals surface area contributed by atoms with E-state index in [2.05, 4.69) is 15.0 Å². The van der Waals surface area contributed by atoms with Gasteiger partial charge in [-0.15, -0.1) is 0 Å². The molecular weight excluding hydrogens is 496 g/mol. The third-order valence-corrected chi connectivity index (χ3v) is 8.41. The molecule has 1 atom stereocenters. The maximum Gasteiger partial charge on any atom is 0.269 e. The Morgan fingerprint density at radius 3 is 2.75 bits per heavy atom. The molecule has 0 N–H and O–H groups in total. The lowest BCUT2D eigenvalue weighted by atomic mass is 10.1. The summed E-state index contributed by atoms with van der Waals surface area (Å²) in [4.78, 5) is 13.7. The molecular formula is C25H22N6O3S2. The second-order valence-corrected chi connectivity index (χ2v) is 11.0. The summed E-state index contributed by atoms with van der Waals surface area (Å²) in [5, 5.41) is 6.28. The zero-order valence-electron chi connectivity index (χ0n) is 19.4. The lowest BCUT2D eigenvalue weighted by Gasteiger charge is -2.08. The SMILES string of the molecule is CSc1nccc(-c2cn(C3CCOC3)nc2-c2cnc3c(ccn3S(=O)(=O)c3ccccc3)c2)n1. The highest BCUT2D eigenvalue weighted by atomic mass is 32.2. The lowest BCUT2D eigenvalue weighted by molar-refractivity contribution is 0.184.